The average Bonchev–Trinajstić information content (AvgIpc) is 3.14. The van der Waals surface area contributed by atoms with E-state index in [-0.39, 0.29) is 12.6 Å². The molecule has 12 nitrogen and oxygen atoms in total. The van der Waals surface area contributed by atoms with E-state index in [1.165, 1.54) is 7.11 Å². The summed E-state index contributed by atoms with van der Waals surface area (Å²) in [7, 11) is 1.27. The molecule has 2 heterocycles. The van der Waals surface area contributed by atoms with Crippen LogP contribution in [0.5, 0.6) is 0 Å². The fourth-order valence-corrected chi connectivity index (χ4v) is 3.47. The Kier molecular flexibility index (Phi) is 5.40. The molecule has 0 amide bonds. The molecule has 1 saturated heterocycles. The molecular weight excluding hydrogens is 356 g/mol. The van der Waals surface area contributed by atoms with Crippen molar-refractivity contribution in [2.45, 2.75) is 60.7 Å². The predicted octanol–water partition coefficient (Wildman–Crippen LogP) is -5.39. The highest BCUT2D eigenvalue weighted by Gasteiger charge is 2.63. The molecule has 0 radical (unpaired) electrons. The lowest BCUT2D eigenvalue weighted by molar-refractivity contribution is -0.288. The number of fused-ring (bicyclic) bond motifs is 1. The quantitative estimate of drug-likeness (QED) is 0.232. The Balaban J connectivity index is 1.64. The molecule has 0 aromatic rings. The lowest BCUT2D eigenvalue weighted by atomic mass is 9.97. The predicted molar refractivity (Wildman–Crippen MR) is 81.8 cm³/mol. The summed E-state index contributed by atoms with van der Waals surface area (Å²) in [6.07, 6.45) is -10.5. The normalized spacial score (nSPS) is 50.9. The van der Waals surface area contributed by atoms with Crippen LogP contribution < -0.4 is 5.32 Å². The van der Waals surface area contributed by atoms with Gasteiger partial charge in [-0.15, -0.1) is 0 Å². The van der Waals surface area contributed by atoms with Gasteiger partial charge in [0.05, 0.1) is 6.61 Å². The van der Waals surface area contributed by atoms with Crippen LogP contribution in [0.15, 0.2) is 4.99 Å². The number of hydrogen-bond acceptors (Lipinski definition) is 12. The summed E-state index contributed by atoms with van der Waals surface area (Å²) in [5.74, 6) is 0. The van der Waals surface area contributed by atoms with Crippen LogP contribution in [0, 0.1) is 0 Å². The Hall–Kier alpha value is -1.09. The summed E-state index contributed by atoms with van der Waals surface area (Å²) >= 11 is 0. The van der Waals surface area contributed by atoms with Gasteiger partial charge in [0.15, 0.2) is 12.4 Å². The summed E-state index contributed by atoms with van der Waals surface area (Å²) in [6, 6.07) is -1.18. The first-order valence-electron chi connectivity index (χ1n) is 8.14. The second kappa shape index (κ2) is 7.14. The van der Waals surface area contributed by atoms with Crippen LogP contribution in [0.2, 0.25) is 0 Å². The van der Waals surface area contributed by atoms with Gasteiger partial charge in [-0.3, -0.25) is 0 Å². The first-order valence-corrected chi connectivity index (χ1v) is 8.14. The molecule has 2 fully saturated rings. The zero-order valence-corrected chi connectivity index (χ0v) is 13.9. The fourth-order valence-electron chi connectivity index (χ4n) is 3.47. The van der Waals surface area contributed by atoms with Crippen LogP contribution in [0.4, 0.5) is 0 Å². The molecule has 10 atom stereocenters. The molecule has 1 aliphatic carbocycles. The Morgan fingerprint density at radius 2 is 1.81 bits per heavy atom. The van der Waals surface area contributed by atoms with Crippen LogP contribution in [0.1, 0.15) is 0 Å². The third kappa shape index (κ3) is 2.96. The smallest absolute Gasteiger partial charge is 0.285 e. The van der Waals surface area contributed by atoms with E-state index in [4.69, 9.17) is 14.2 Å². The maximum atomic E-state index is 10.3. The molecule has 12 heteroatoms. The molecule has 0 bridgehead atoms. The zero-order valence-electron chi connectivity index (χ0n) is 13.9. The Bertz CT molecular complexity index is 548. The largest absolute Gasteiger partial charge is 0.457 e. The standard InChI is InChI=1S/C14H24N2O10/c1-24-12-7(20)6(19)5(18)4(25-12)2-15-13-16-10-9(26-13)8(21)11(22)14(10,23)3-17/h4-12,17-23H,2-3H2,1H3,(H,15,16)/t4-,5-,6+,7-,8-,9-,10-,11+,12+,14+/m1/s1. The highest BCUT2D eigenvalue weighted by Crippen LogP contribution is 2.38. The van der Waals surface area contributed by atoms with Gasteiger partial charge in [0.1, 0.15) is 48.3 Å². The van der Waals surface area contributed by atoms with Gasteiger partial charge in [-0.1, -0.05) is 0 Å². The molecule has 0 spiro atoms. The van der Waals surface area contributed by atoms with Crippen molar-refractivity contribution in [3.63, 3.8) is 0 Å². The number of nitrogens with one attached hydrogen (secondary N) is 1. The minimum absolute atomic E-state index is 0.0943. The lowest BCUT2D eigenvalue weighted by Crippen LogP contribution is -2.60. The molecule has 0 unspecified atom stereocenters. The van der Waals surface area contributed by atoms with Crippen molar-refractivity contribution in [3.05, 3.63) is 0 Å². The molecular formula is C14H24N2O10. The van der Waals surface area contributed by atoms with Gasteiger partial charge >= 0.3 is 0 Å². The van der Waals surface area contributed by atoms with Gasteiger partial charge in [0.25, 0.3) is 6.02 Å². The van der Waals surface area contributed by atoms with Crippen LogP contribution in [0.25, 0.3) is 0 Å². The van der Waals surface area contributed by atoms with E-state index in [9.17, 15) is 35.7 Å². The summed E-state index contributed by atoms with van der Waals surface area (Å²) in [5, 5.41) is 71.7. The van der Waals surface area contributed by atoms with Crippen LogP contribution in [-0.2, 0) is 14.2 Å². The highest BCUT2D eigenvalue weighted by molar-refractivity contribution is 5.76. The van der Waals surface area contributed by atoms with E-state index >= 15 is 0 Å². The van der Waals surface area contributed by atoms with Gasteiger partial charge in [-0.25, -0.2) is 4.99 Å². The Morgan fingerprint density at radius 1 is 1.12 bits per heavy atom. The monoisotopic (exact) mass is 380 g/mol. The summed E-state index contributed by atoms with van der Waals surface area (Å²) < 4.78 is 15.6. The second-order valence-electron chi connectivity index (χ2n) is 6.68. The minimum atomic E-state index is -2.05. The van der Waals surface area contributed by atoms with E-state index in [0.29, 0.717) is 0 Å². The number of hydrogen-bond donors (Lipinski definition) is 8. The maximum Gasteiger partial charge on any atom is 0.285 e. The Labute approximate surface area is 148 Å². The van der Waals surface area contributed by atoms with Gasteiger partial charge in [0, 0.05) is 13.7 Å². The third-order valence-electron chi connectivity index (χ3n) is 5.11. The molecule has 0 aromatic carbocycles. The zero-order chi connectivity index (χ0) is 19.2. The van der Waals surface area contributed by atoms with Crippen LogP contribution in [0.3, 0.4) is 0 Å². The number of aliphatic hydroxyl groups is 7. The fraction of sp³-hybridized carbons (Fsp3) is 0.929. The minimum Gasteiger partial charge on any atom is -0.457 e. The van der Waals surface area contributed by atoms with Gasteiger partial charge in [-0.2, -0.15) is 0 Å². The van der Waals surface area contributed by atoms with Crippen LogP contribution in [-0.4, -0.2) is 123 Å². The van der Waals surface area contributed by atoms with Crippen molar-refractivity contribution in [2.24, 2.45) is 4.99 Å². The molecule has 0 aromatic heterocycles. The first-order chi connectivity index (χ1) is 12.2. The van der Waals surface area contributed by atoms with Crippen molar-refractivity contribution in [2.75, 3.05) is 20.3 Å². The van der Waals surface area contributed by atoms with Crippen molar-refractivity contribution in [1.82, 2.24) is 5.32 Å². The van der Waals surface area contributed by atoms with Crippen LogP contribution >= 0.6 is 0 Å². The molecule has 1 saturated carbocycles. The van der Waals surface area contributed by atoms with E-state index in [1.54, 1.807) is 0 Å². The molecule has 26 heavy (non-hydrogen) atoms. The molecule has 3 rings (SSSR count). The van der Waals surface area contributed by atoms with E-state index in [2.05, 4.69) is 10.3 Å². The van der Waals surface area contributed by atoms with Crippen molar-refractivity contribution in [1.29, 1.82) is 0 Å². The molecule has 150 valence electrons. The summed E-state index contributed by atoms with van der Waals surface area (Å²) in [6.45, 7) is -0.921. The number of aliphatic hydroxyl groups excluding tert-OH is 6. The summed E-state index contributed by atoms with van der Waals surface area (Å²) in [4.78, 5) is 4.03. The highest BCUT2D eigenvalue weighted by atomic mass is 16.7. The first kappa shape index (κ1) is 19.7. The third-order valence-corrected chi connectivity index (χ3v) is 5.11. The number of aliphatic imine (C=N–C) groups is 1. The SMILES string of the molecule is CO[C@H]1O[C@H](CNC2=N[C@@H]3[C@H](O2)[C@@H](O)[C@H](O)[C@]3(O)CO)[C@@H](O)[C@H](O)[C@H]1O. The average molecular weight is 380 g/mol. The number of rotatable bonds is 4. The van der Waals surface area contributed by atoms with E-state index < -0.39 is 67.3 Å². The molecule has 2 aliphatic heterocycles. The van der Waals surface area contributed by atoms with Gasteiger partial charge in [-0.05, 0) is 0 Å². The van der Waals surface area contributed by atoms with Gasteiger partial charge < -0.3 is 55.3 Å². The Morgan fingerprint density at radius 3 is 2.42 bits per heavy atom. The van der Waals surface area contributed by atoms with Crippen molar-refractivity contribution >= 4 is 6.02 Å². The van der Waals surface area contributed by atoms with E-state index in [1.807, 2.05) is 0 Å². The van der Waals surface area contributed by atoms with Crippen molar-refractivity contribution < 1.29 is 50.0 Å². The van der Waals surface area contributed by atoms with E-state index in [0.717, 1.165) is 0 Å². The molecule has 8 N–H and O–H groups in total. The van der Waals surface area contributed by atoms with Gasteiger partial charge in [0.2, 0.25) is 0 Å². The second-order valence-corrected chi connectivity index (χ2v) is 6.68. The molecule has 3 aliphatic rings. The number of amidine groups is 1. The number of nitrogens with zero attached hydrogens (tertiary/aromatic N) is 1. The topological polar surface area (TPSA) is 194 Å². The number of ether oxygens (including phenoxy) is 3. The lowest BCUT2D eigenvalue weighted by Gasteiger charge is -2.39. The maximum absolute atomic E-state index is 10.3. The summed E-state index contributed by atoms with van der Waals surface area (Å²) in [5.41, 5.74) is -2.05. The number of methoxy groups -OCH3 is 1. The van der Waals surface area contributed by atoms with Crippen molar-refractivity contribution in [3.8, 4) is 0 Å².